The Hall–Kier alpha value is -2.66. The number of ether oxygens (including phenoxy) is 2. The molecule has 0 bridgehead atoms. The maximum Gasteiger partial charge on any atom is 0.328 e. The zero-order valence-electron chi connectivity index (χ0n) is 17.0. The first-order chi connectivity index (χ1) is 13.3. The number of benzene rings is 2. The zero-order valence-corrected chi connectivity index (χ0v) is 17.0. The standard InChI is InChI=1S/C23H29NO4/c1-23(2,3)19-12-10-17(11-13-19)14-20(22(26)27-4)24-21(25)16-28-15-18-8-6-5-7-9-18/h5-13,20H,14-16H2,1-4H3,(H,24,25)/t20-/m1/s1. The molecule has 0 aliphatic heterocycles. The molecule has 5 heteroatoms. The van der Waals surface area contributed by atoms with E-state index in [9.17, 15) is 9.59 Å². The maximum atomic E-state index is 12.2. The third-order valence-electron chi connectivity index (χ3n) is 4.43. The molecule has 150 valence electrons. The Morgan fingerprint density at radius 3 is 2.18 bits per heavy atom. The summed E-state index contributed by atoms with van der Waals surface area (Å²) in [6, 6.07) is 16.9. The van der Waals surface area contributed by atoms with Crippen LogP contribution in [-0.2, 0) is 37.5 Å². The van der Waals surface area contributed by atoms with Gasteiger partial charge in [-0.15, -0.1) is 0 Å². The van der Waals surface area contributed by atoms with Gasteiger partial charge in [0.2, 0.25) is 5.91 Å². The van der Waals surface area contributed by atoms with E-state index in [4.69, 9.17) is 9.47 Å². The summed E-state index contributed by atoms with van der Waals surface area (Å²) >= 11 is 0. The molecule has 0 aromatic heterocycles. The second kappa shape index (κ2) is 10.0. The van der Waals surface area contributed by atoms with Gasteiger partial charge in [0.05, 0.1) is 13.7 Å². The van der Waals surface area contributed by atoms with Gasteiger partial charge in [0, 0.05) is 6.42 Å². The highest BCUT2D eigenvalue weighted by atomic mass is 16.5. The number of esters is 1. The van der Waals surface area contributed by atoms with Crippen LogP contribution >= 0.6 is 0 Å². The molecule has 0 aliphatic carbocycles. The van der Waals surface area contributed by atoms with E-state index >= 15 is 0 Å². The van der Waals surface area contributed by atoms with Crippen molar-refractivity contribution >= 4 is 11.9 Å². The SMILES string of the molecule is COC(=O)[C@@H](Cc1ccc(C(C)(C)C)cc1)NC(=O)COCc1ccccc1. The minimum absolute atomic E-state index is 0.0601. The molecule has 0 aliphatic rings. The van der Waals surface area contributed by atoms with E-state index < -0.39 is 12.0 Å². The van der Waals surface area contributed by atoms with E-state index in [1.807, 2.05) is 42.5 Å². The molecule has 0 saturated heterocycles. The van der Waals surface area contributed by atoms with E-state index in [1.165, 1.54) is 12.7 Å². The van der Waals surface area contributed by atoms with Crippen molar-refractivity contribution in [2.45, 2.75) is 45.3 Å². The van der Waals surface area contributed by atoms with Gasteiger partial charge < -0.3 is 14.8 Å². The van der Waals surface area contributed by atoms with Crippen molar-refractivity contribution in [1.82, 2.24) is 5.32 Å². The molecular weight excluding hydrogens is 354 g/mol. The Balaban J connectivity index is 1.91. The van der Waals surface area contributed by atoms with Crippen molar-refractivity contribution in [2.75, 3.05) is 13.7 Å². The molecule has 0 spiro atoms. The lowest BCUT2D eigenvalue weighted by molar-refractivity contribution is -0.145. The predicted molar refractivity (Wildman–Crippen MR) is 109 cm³/mol. The number of hydrogen-bond donors (Lipinski definition) is 1. The highest BCUT2D eigenvalue weighted by molar-refractivity contribution is 5.85. The Bertz CT molecular complexity index is 763. The molecular formula is C23H29NO4. The second-order valence-electron chi connectivity index (χ2n) is 7.77. The van der Waals surface area contributed by atoms with Crippen LogP contribution in [0.4, 0.5) is 0 Å². The normalized spacial score (nSPS) is 12.3. The quantitative estimate of drug-likeness (QED) is 0.710. The van der Waals surface area contributed by atoms with Crippen LogP contribution in [0.3, 0.4) is 0 Å². The zero-order chi connectivity index (χ0) is 20.6. The van der Waals surface area contributed by atoms with Crippen molar-refractivity contribution < 1.29 is 19.1 Å². The Kier molecular flexibility index (Phi) is 7.76. The summed E-state index contributed by atoms with van der Waals surface area (Å²) in [5, 5.41) is 2.71. The van der Waals surface area contributed by atoms with Crippen LogP contribution in [0.25, 0.3) is 0 Å². The van der Waals surface area contributed by atoms with Crippen LogP contribution in [0.2, 0.25) is 0 Å². The summed E-state index contributed by atoms with van der Waals surface area (Å²) in [5.41, 5.74) is 3.21. The Labute approximate surface area is 167 Å². The monoisotopic (exact) mass is 383 g/mol. The lowest BCUT2D eigenvalue weighted by atomic mass is 9.86. The molecule has 5 nitrogen and oxygen atoms in total. The van der Waals surface area contributed by atoms with Gasteiger partial charge in [-0.3, -0.25) is 4.79 Å². The van der Waals surface area contributed by atoms with Crippen molar-refractivity contribution in [3.05, 3.63) is 71.3 Å². The van der Waals surface area contributed by atoms with Gasteiger partial charge >= 0.3 is 5.97 Å². The molecule has 2 rings (SSSR count). The molecule has 0 heterocycles. The van der Waals surface area contributed by atoms with Crippen LogP contribution in [-0.4, -0.2) is 31.6 Å². The number of rotatable bonds is 8. The highest BCUT2D eigenvalue weighted by Crippen LogP contribution is 2.22. The summed E-state index contributed by atoms with van der Waals surface area (Å²) in [6.45, 7) is 6.66. The van der Waals surface area contributed by atoms with Crippen LogP contribution < -0.4 is 5.32 Å². The largest absolute Gasteiger partial charge is 0.467 e. The minimum Gasteiger partial charge on any atom is -0.467 e. The summed E-state index contributed by atoms with van der Waals surface area (Å²) in [6.07, 6.45) is 0.363. The summed E-state index contributed by atoms with van der Waals surface area (Å²) in [7, 11) is 1.32. The average Bonchev–Trinajstić information content (AvgIpc) is 2.67. The van der Waals surface area contributed by atoms with Gasteiger partial charge in [-0.05, 0) is 22.1 Å². The second-order valence-corrected chi connectivity index (χ2v) is 7.77. The van der Waals surface area contributed by atoms with Crippen molar-refractivity contribution in [3.8, 4) is 0 Å². The number of carbonyl (C=O) groups is 2. The predicted octanol–water partition coefficient (Wildman–Crippen LogP) is 3.40. The molecule has 2 aromatic rings. The fourth-order valence-electron chi connectivity index (χ4n) is 2.78. The van der Waals surface area contributed by atoms with Crippen LogP contribution in [0.1, 0.15) is 37.5 Å². The van der Waals surface area contributed by atoms with Crippen molar-refractivity contribution in [2.24, 2.45) is 0 Å². The molecule has 0 fully saturated rings. The van der Waals surface area contributed by atoms with Crippen LogP contribution in [0.15, 0.2) is 54.6 Å². The molecule has 1 atom stereocenters. The minimum atomic E-state index is -0.752. The molecule has 0 unspecified atom stereocenters. The molecule has 0 radical (unpaired) electrons. The van der Waals surface area contributed by atoms with E-state index in [0.717, 1.165) is 11.1 Å². The lowest BCUT2D eigenvalue weighted by Gasteiger charge is -2.20. The van der Waals surface area contributed by atoms with E-state index in [2.05, 4.69) is 38.2 Å². The topological polar surface area (TPSA) is 64.6 Å². The fraction of sp³-hybridized carbons (Fsp3) is 0.391. The van der Waals surface area contributed by atoms with Crippen molar-refractivity contribution in [3.63, 3.8) is 0 Å². The Morgan fingerprint density at radius 2 is 1.61 bits per heavy atom. The van der Waals surface area contributed by atoms with Gasteiger partial charge in [-0.1, -0.05) is 75.4 Å². The molecule has 1 N–H and O–H groups in total. The molecule has 2 aromatic carbocycles. The van der Waals surface area contributed by atoms with Gasteiger partial charge in [0.1, 0.15) is 12.6 Å². The maximum absolute atomic E-state index is 12.2. The van der Waals surface area contributed by atoms with E-state index in [1.54, 1.807) is 0 Å². The number of hydrogen-bond acceptors (Lipinski definition) is 4. The first-order valence-corrected chi connectivity index (χ1v) is 9.38. The fourth-order valence-corrected chi connectivity index (χ4v) is 2.78. The number of methoxy groups -OCH3 is 1. The third kappa shape index (κ3) is 6.82. The summed E-state index contributed by atoms with van der Waals surface area (Å²) < 4.78 is 10.3. The summed E-state index contributed by atoms with van der Waals surface area (Å²) in [5.74, 6) is -0.825. The smallest absolute Gasteiger partial charge is 0.328 e. The van der Waals surface area contributed by atoms with Gasteiger partial charge in [0.15, 0.2) is 0 Å². The van der Waals surface area contributed by atoms with Gasteiger partial charge in [-0.2, -0.15) is 0 Å². The Morgan fingerprint density at radius 1 is 0.964 bits per heavy atom. The summed E-state index contributed by atoms with van der Waals surface area (Å²) in [4.78, 5) is 24.3. The number of amides is 1. The van der Waals surface area contributed by atoms with Crippen molar-refractivity contribution in [1.29, 1.82) is 0 Å². The molecule has 28 heavy (non-hydrogen) atoms. The van der Waals surface area contributed by atoms with Gasteiger partial charge in [-0.25, -0.2) is 4.79 Å². The van der Waals surface area contributed by atoms with Crippen LogP contribution in [0.5, 0.6) is 0 Å². The molecule has 1 amide bonds. The first-order valence-electron chi connectivity index (χ1n) is 9.38. The highest BCUT2D eigenvalue weighted by Gasteiger charge is 2.22. The van der Waals surface area contributed by atoms with E-state index in [0.29, 0.717) is 13.0 Å². The molecule has 0 saturated carbocycles. The van der Waals surface area contributed by atoms with Crippen LogP contribution in [0, 0.1) is 0 Å². The van der Waals surface area contributed by atoms with E-state index in [-0.39, 0.29) is 17.9 Å². The lowest BCUT2D eigenvalue weighted by Crippen LogP contribution is -2.44. The first kappa shape index (κ1) is 21.6. The van der Waals surface area contributed by atoms with Gasteiger partial charge in [0.25, 0.3) is 0 Å². The number of carbonyl (C=O) groups excluding carboxylic acids is 2. The third-order valence-corrected chi connectivity index (χ3v) is 4.43. The number of nitrogens with one attached hydrogen (secondary N) is 1. The average molecular weight is 383 g/mol.